The van der Waals surface area contributed by atoms with Gasteiger partial charge in [0.25, 0.3) is 0 Å². The van der Waals surface area contributed by atoms with Crippen LogP contribution in [0.3, 0.4) is 0 Å². The van der Waals surface area contributed by atoms with Crippen molar-refractivity contribution in [3.63, 3.8) is 0 Å². The molecule has 0 spiro atoms. The summed E-state index contributed by atoms with van der Waals surface area (Å²) in [7, 11) is -0.948. The van der Waals surface area contributed by atoms with Gasteiger partial charge in [-0.25, -0.2) is 17.9 Å². The van der Waals surface area contributed by atoms with Crippen molar-refractivity contribution < 1.29 is 27.0 Å². The first-order valence-electron chi connectivity index (χ1n) is 9.68. The van der Waals surface area contributed by atoms with Crippen molar-refractivity contribution in [1.29, 1.82) is 0 Å². The number of hydrogen-bond donors (Lipinski definition) is 2. The Balaban J connectivity index is 0.00000480. The zero-order valence-electron chi connectivity index (χ0n) is 17.9. The highest BCUT2D eigenvalue weighted by Crippen LogP contribution is 2.27. The van der Waals surface area contributed by atoms with E-state index in [1.807, 2.05) is 6.07 Å². The lowest BCUT2D eigenvalue weighted by molar-refractivity contribution is 0.282. The summed E-state index contributed by atoms with van der Waals surface area (Å²) in [5.41, 5.74) is 0.862. The monoisotopic (exact) mass is 476 g/mol. The van der Waals surface area contributed by atoms with Gasteiger partial charge >= 0.3 is 0 Å². The fraction of sp³-hybridized carbons (Fsp3) is 0.429. The van der Waals surface area contributed by atoms with Crippen LogP contribution in [0.1, 0.15) is 25.3 Å². The predicted octanol–water partition coefficient (Wildman–Crippen LogP) is 3.29. The molecule has 0 radical (unpaired) electrons. The van der Waals surface area contributed by atoms with Crippen LogP contribution in [-0.4, -0.2) is 41.8 Å². The number of aryl methyl sites for hydroxylation is 1. The minimum absolute atomic E-state index is 0. The maximum atomic E-state index is 13.4. The lowest BCUT2D eigenvalue weighted by Gasteiger charge is -2.18. The van der Waals surface area contributed by atoms with Crippen molar-refractivity contribution in [1.82, 2.24) is 5.32 Å². The fourth-order valence-electron chi connectivity index (χ4n) is 3.08. The molecule has 174 valence electrons. The molecule has 7 nitrogen and oxygen atoms in total. The molecule has 1 unspecified atom stereocenters. The zero-order chi connectivity index (χ0) is 22.1. The number of halogens is 2. The maximum Gasteiger partial charge on any atom is 0.241 e. The molecule has 0 bridgehead atoms. The lowest BCUT2D eigenvalue weighted by atomic mass is 10.0. The van der Waals surface area contributed by atoms with E-state index in [4.69, 9.17) is 19.3 Å². The highest BCUT2D eigenvalue weighted by atomic mass is 35.5. The molecule has 0 aromatic heterocycles. The number of rotatable bonds is 12. The maximum absolute atomic E-state index is 13.4. The SMILES string of the molecule is CCC(CCc1ccc(OC)c(S(N)(=O)=O)c1)NCCOc1cc(F)ccc1OC.Cl. The summed E-state index contributed by atoms with van der Waals surface area (Å²) in [6, 6.07) is 9.35. The predicted molar refractivity (Wildman–Crippen MR) is 120 cm³/mol. The molecule has 2 aromatic rings. The number of hydrogen-bond acceptors (Lipinski definition) is 6. The molecule has 0 aliphatic rings. The van der Waals surface area contributed by atoms with Gasteiger partial charge in [0, 0.05) is 18.7 Å². The van der Waals surface area contributed by atoms with Crippen molar-refractivity contribution in [3.8, 4) is 17.2 Å². The first-order chi connectivity index (χ1) is 14.3. The summed E-state index contributed by atoms with van der Waals surface area (Å²) in [5.74, 6) is 0.689. The second-order valence-electron chi connectivity index (χ2n) is 6.77. The quantitative estimate of drug-likeness (QED) is 0.456. The molecule has 2 rings (SSSR count). The molecule has 0 aliphatic heterocycles. The Morgan fingerprint density at radius 2 is 1.74 bits per heavy atom. The van der Waals surface area contributed by atoms with Gasteiger partial charge in [0.05, 0.1) is 14.2 Å². The van der Waals surface area contributed by atoms with Crippen LogP contribution in [-0.2, 0) is 16.4 Å². The van der Waals surface area contributed by atoms with E-state index in [2.05, 4.69) is 12.2 Å². The Morgan fingerprint density at radius 3 is 2.35 bits per heavy atom. The van der Waals surface area contributed by atoms with E-state index in [0.29, 0.717) is 31.1 Å². The summed E-state index contributed by atoms with van der Waals surface area (Å²) in [4.78, 5) is -0.0130. The molecule has 1 atom stereocenters. The molecule has 2 aromatic carbocycles. The Morgan fingerprint density at radius 1 is 1.06 bits per heavy atom. The third-order valence-corrected chi connectivity index (χ3v) is 5.66. The van der Waals surface area contributed by atoms with Crippen molar-refractivity contribution in [2.75, 3.05) is 27.4 Å². The molecular weight excluding hydrogens is 447 g/mol. The van der Waals surface area contributed by atoms with E-state index in [9.17, 15) is 12.8 Å². The summed E-state index contributed by atoms with van der Waals surface area (Å²) in [6.07, 6.45) is 2.37. The second-order valence-corrected chi connectivity index (χ2v) is 8.30. The standard InChI is InChI=1S/C21H29FN2O5S.ClH/c1-4-17(24-11-12-29-20-14-16(22)7-10-18(20)27-2)8-5-15-6-9-19(28-3)21(13-15)30(23,25)26;/h6-7,9-10,13-14,17,24H,4-5,8,11-12H2,1-3H3,(H2,23,25,26);1H. The van der Waals surface area contributed by atoms with Crippen molar-refractivity contribution in [2.45, 2.75) is 37.1 Å². The highest BCUT2D eigenvalue weighted by molar-refractivity contribution is 7.89. The number of nitrogens with one attached hydrogen (secondary N) is 1. The van der Waals surface area contributed by atoms with E-state index in [1.165, 1.54) is 32.4 Å². The van der Waals surface area contributed by atoms with Crippen LogP contribution in [0, 0.1) is 5.82 Å². The largest absolute Gasteiger partial charge is 0.495 e. The molecule has 0 heterocycles. The van der Waals surface area contributed by atoms with E-state index < -0.39 is 10.0 Å². The molecule has 0 amide bonds. The van der Waals surface area contributed by atoms with Gasteiger partial charge in [0.1, 0.15) is 23.1 Å². The summed E-state index contributed by atoms with van der Waals surface area (Å²) in [6.45, 7) is 3.00. The van der Waals surface area contributed by atoms with E-state index in [0.717, 1.165) is 18.4 Å². The van der Waals surface area contributed by atoms with Crippen LogP contribution < -0.4 is 24.7 Å². The van der Waals surface area contributed by atoms with Crippen LogP contribution in [0.15, 0.2) is 41.3 Å². The van der Waals surface area contributed by atoms with Crippen LogP contribution >= 0.6 is 12.4 Å². The van der Waals surface area contributed by atoms with E-state index >= 15 is 0 Å². The molecule has 0 fully saturated rings. The third-order valence-electron chi connectivity index (χ3n) is 4.73. The summed E-state index contributed by atoms with van der Waals surface area (Å²) >= 11 is 0. The smallest absolute Gasteiger partial charge is 0.241 e. The van der Waals surface area contributed by atoms with Crippen molar-refractivity contribution >= 4 is 22.4 Å². The van der Waals surface area contributed by atoms with Gasteiger partial charge in [-0.2, -0.15) is 0 Å². The van der Waals surface area contributed by atoms with Crippen LogP contribution in [0.25, 0.3) is 0 Å². The number of nitrogens with two attached hydrogens (primary N) is 1. The van der Waals surface area contributed by atoms with Crippen molar-refractivity contribution in [2.24, 2.45) is 5.14 Å². The molecule has 0 saturated carbocycles. The topological polar surface area (TPSA) is 99.9 Å². The van der Waals surface area contributed by atoms with Crippen LogP contribution in [0.2, 0.25) is 0 Å². The van der Waals surface area contributed by atoms with E-state index in [1.54, 1.807) is 12.1 Å². The third kappa shape index (κ3) is 8.17. The van der Waals surface area contributed by atoms with Crippen LogP contribution in [0.4, 0.5) is 4.39 Å². The van der Waals surface area contributed by atoms with Gasteiger partial charge in [-0.05, 0) is 49.1 Å². The zero-order valence-corrected chi connectivity index (χ0v) is 19.5. The minimum Gasteiger partial charge on any atom is -0.495 e. The van der Waals surface area contributed by atoms with Gasteiger partial charge in [0.2, 0.25) is 10.0 Å². The number of sulfonamides is 1. The van der Waals surface area contributed by atoms with Gasteiger partial charge < -0.3 is 19.5 Å². The number of primary sulfonamides is 1. The molecule has 10 heteroatoms. The summed E-state index contributed by atoms with van der Waals surface area (Å²) < 4.78 is 52.8. The van der Waals surface area contributed by atoms with Gasteiger partial charge in [-0.3, -0.25) is 0 Å². The Labute approximate surface area is 189 Å². The fourth-order valence-corrected chi connectivity index (χ4v) is 3.83. The Bertz CT molecular complexity index is 943. The summed E-state index contributed by atoms with van der Waals surface area (Å²) in [5, 5.41) is 8.68. The Hall–Kier alpha value is -2.07. The molecule has 3 N–H and O–H groups in total. The first-order valence-corrected chi connectivity index (χ1v) is 11.2. The first kappa shape index (κ1) is 27.0. The van der Waals surface area contributed by atoms with Crippen molar-refractivity contribution in [3.05, 3.63) is 47.8 Å². The van der Waals surface area contributed by atoms with Crippen LogP contribution in [0.5, 0.6) is 17.2 Å². The average molecular weight is 477 g/mol. The molecule has 0 aliphatic carbocycles. The molecule has 31 heavy (non-hydrogen) atoms. The molecular formula is C21H30ClFN2O5S. The molecule has 0 saturated heterocycles. The minimum atomic E-state index is -3.86. The van der Waals surface area contributed by atoms with E-state index in [-0.39, 0.29) is 34.9 Å². The Kier molecular flexibility index (Phi) is 11.1. The lowest BCUT2D eigenvalue weighted by Crippen LogP contribution is -2.32. The highest BCUT2D eigenvalue weighted by Gasteiger charge is 2.16. The average Bonchev–Trinajstić information content (AvgIpc) is 2.72. The van der Waals surface area contributed by atoms with Gasteiger partial charge in [-0.15, -0.1) is 12.4 Å². The normalized spacial score (nSPS) is 12.0. The number of benzene rings is 2. The van der Waals surface area contributed by atoms with Gasteiger partial charge in [0.15, 0.2) is 11.5 Å². The van der Waals surface area contributed by atoms with Gasteiger partial charge in [-0.1, -0.05) is 13.0 Å². The number of methoxy groups -OCH3 is 2. The second kappa shape index (κ2) is 12.7. The number of ether oxygens (including phenoxy) is 3.